The first kappa shape index (κ1) is 26.6. The van der Waals surface area contributed by atoms with E-state index in [1.165, 1.54) is 11.1 Å². The molecule has 0 N–H and O–H groups in total. The van der Waals surface area contributed by atoms with Crippen LogP contribution in [0.5, 0.6) is 0 Å². The molecule has 4 aromatic carbocycles. The average Bonchev–Trinajstić information content (AvgIpc) is 3.55. The zero-order valence-electron chi connectivity index (χ0n) is 22.6. The molecule has 1 aliphatic carbocycles. The van der Waals surface area contributed by atoms with Crippen LogP contribution in [0.25, 0.3) is 0 Å². The summed E-state index contributed by atoms with van der Waals surface area (Å²) < 4.78 is 19.7. The Labute approximate surface area is 236 Å². The Bertz CT molecular complexity index is 1360. The molecule has 3 atom stereocenters. The number of fused-ring (bicyclic) bond motifs is 1. The summed E-state index contributed by atoms with van der Waals surface area (Å²) in [5.41, 5.74) is 6.95. The highest BCUT2D eigenvalue weighted by molar-refractivity contribution is 5.37. The van der Waals surface area contributed by atoms with Crippen LogP contribution >= 0.6 is 0 Å². The van der Waals surface area contributed by atoms with Crippen LogP contribution in [0.3, 0.4) is 0 Å². The normalized spacial score (nSPS) is 20.6. The minimum absolute atomic E-state index is 0.0555. The van der Waals surface area contributed by atoms with Crippen molar-refractivity contribution >= 4 is 0 Å². The van der Waals surface area contributed by atoms with Gasteiger partial charge in [-0.05, 0) is 33.4 Å². The second-order valence-electron chi connectivity index (χ2n) is 10.3. The molecule has 0 spiro atoms. The first-order valence-electron chi connectivity index (χ1n) is 13.9. The number of benzene rings is 4. The molecule has 0 radical (unpaired) electrons. The van der Waals surface area contributed by atoms with Crippen LogP contribution < -0.4 is 0 Å². The van der Waals surface area contributed by atoms with Gasteiger partial charge in [0.15, 0.2) is 0 Å². The van der Waals surface area contributed by atoms with Crippen molar-refractivity contribution in [1.82, 2.24) is 5.06 Å². The van der Waals surface area contributed by atoms with E-state index >= 15 is 0 Å². The molecule has 1 saturated heterocycles. The number of nitrogens with zero attached hydrogens (tertiary/aromatic N) is 1. The van der Waals surface area contributed by atoms with Gasteiger partial charge in [-0.25, -0.2) is 0 Å². The Morgan fingerprint density at radius 1 is 0.575 bits per heavy atom. The van der Waals surface area contributed by atoms with E-state index in [-0.39, 0.29) is 18.2 Å². The molecular formula is C35H35NO4. The van der Waals surface area contributed by atoms with E-state index in [0.717, 1.165) is 22.3 Å². The third kappa shape index (κ3) is 6.41. The maximum Gasteiger partial charge on any atom is 0.110 e. The van der Waals surface area contributed by atoms with Crippen molar-refractivity contribution in [3.05, 3.63) is 155 Å². The van der Waals surface area contributed by atoms with Crippen LogP contribution in [-0.2, 0) is 45.4 Å². The van der Waals surface area contributed by atoms with Gasteiger partial charge in [-0.2, -0.15) is 5.06 Å². The van der Waals surface area contributed by atoms with Gasteiger partial charge < -0.3 is 14.2 Å². The Balaban J connectivity index is 1.27. The molecule has 6 rings (SSSR count). The molecule has 204 valence electrons. The highest BCUT2D eigenvalue weighted by Crippen LogP contribution is 2.41. The number of hydrogen-bond donors (Lipinski definition) is 0. The van der Waals surface area contributed by atoms with Crippen molar-refractivity contribution in [2.45, 2.75) is 44.6 Å². The monoisotopic (exact) mass is 533 g/mol. The van der Waals surface area contributed by atoms with Crippen molar-refractivity contribution < 1.29 is 19.0 Å². The lowest BCUT2D eigenvalue weighted by Crippen LogP contribution is -2.44. The molecular weight excluding hydrogens is 498 g/mol. The quantitative estimate of drug-likeness (QED) is 0.195. The van der Waals surface area contributed by atoms with E-state index in [4.69, 9.17) is 19.0 Å². The Hall–Kier alpha value is -3.58. The fourth-order valence-corrected chi connectivity index (χ4v) is 5.52. The first-order chi connectivity index (χ1) is 19.8. The predicted octanol–water partition coefficient (Wildman–Crippen LogP) is 6.50. The third-order valence-corrected chi connectivity index (χ3v) is 7.53. The molecule has 5 nitrogen and oxygen atoms in total. The zero-order chi connectivity index (χ0) is 27.0. The van der Waals surface area contributed by atoms with E-state index in [2.05, 4.69) is 65.7 Å². The molecule has 0 aromatic heterocycles. The first-order valence-corrected chi connectivity index (χ1v) is 13.9. The Morgan fingerprint density at radius 3 is 1.65 bits per heavy atom. The summed E-state index contributed by atoms with van der Waals surface area (Å²) in [5.74, 6) is 0. The second-order valence-corrected chi connectivity index (χ2v) is 10.3. The summed E-state index contributed by atoms with van der Waals surface area (Å²) >= 11 is 0. The lowest BCUT2D eigenvalue weighted by molar-refractivity contribution is -0.181. The van der Waals surface area contributed by atoms with Crippen LogP contribution in [-0.4, -0.2) is 36.5 Å². The number of ether oxygens (including phenoxy) is 3. The van der Waals surface area contributed by atoms with Crippen LogP contribution in [0.4, 0.5) is 0 Å². The summed E-state index contributed by atoms with van der Waals surface area (Å²) in [4.78, 5) is 6.30. The summed E-state index contributed by atoms with van der Waals surface area (Å²) in [6, 6.07) is 41.3. The largest absolute Gasteiger partial charge is 0.372 e. The number of rotatable bonds is 12. The minimum atomic E-state index is -0.248. The van der Waals surface area contributed by atoms with Gasteiger partial charge in [0.1, 0.15) is 12.2 Å². The summed E-state index contributed by atoms with van der Waals surface area (Å²) in [6.07, 6.45) is -0.484. The lowest BCUT2D eigenvalue weighted by atomic mass is 10.1. The smallest absolute Gasteiger partial charge is 0.110 e. The van der Waals surface area contributed by atoms with Crippen LogP contribution in [0, 0.1) is 0 Å². The van der Waals surface area contributed by atoms with Crippen LogP contribution in [0.15, 0.2) is 132 Å². The minimum Gasteiger partial charge on any atom is -0.372 e. The molecule has 0 bridgehead atoms. The van der Waals surface area contributed by atoms with Crippen LogP contribution in [0.1, 0.15) is 22.3 Å². The standard InChI is InChI=1S/C35H35NO4/c1-5-13-27(14-6-1)21-36-33-31(26-40-36)32(25-37-22-28-15-7-2-8-16-28)34(38-23-29-17-9-3-10-18-29)35(33)39-24-30-19-11-4-12-20-30/h1-20,33-35H,21-26H2/t33-,34+,35+/m1/s1. The van der Waals surface area contributed by atoms with Gasteiger partial charge in [0.05, 0.1) is 39.1 Å². The van der Waals surface area contributed by atoms with Gasteiger partial charge in [-0.1, -0.05) is 121 Å². The fraction of sp³-hybridized carbons (Fsp3) is 0.257. The second kappa shape index (κ2) is 13.2. The van der Waals surface area contributed by atoms with E-state index in [9.17, 15) is 0 Å². The average molecular weight is 534 g/mol. The highest BCUT2D eigenvalue weighted by atomic mass is 16.7. The zero-order valence-corrected chi connectivity index (χ0v) is 22.6. The molecule has 4 aromatic rings. The molecule has 0 amide bonds. The SMILES string of the molecule is c1ccc(COCC2=C3CON(Cc4ccccc4)[C@H]3[C@H](OCc3ccccc3)[C@H]2OCc2ccccc2)cc1. The van der Waals surface area contributed by atoms with Crippen molar-refractivity contribution in [2.75, 3.05) is 13.2 Å². The maximum absolute atomic E-state index is 6.72. The van der Waals surface area contributed by atoms with Gasteiger partial charge in [0.2, 0.25) is 0 Å². The van der Waals surface area contributed by atoms with Gasteiger partial charge in [0, 0.05) is 6.54 Å². The van der Waals surface area contributed by atoms with Gasteiger partial charge in [0.25, 0.3) is 0 Å². The Kier molecular flexibility index (Phi) is 8.78. The van der Waals surface area contributed by atoms with E-state index < -0.39 is 0 Å². The topological polar surface area (TPSA) is 40.2 Å². The van der Waals surface area contributed by atoms with Crippen molar-refractivity contribution in [3.8, 4) is 0 Å². The van der Waals surface area contributed by atoms with Gasteiger partial charge in [-0.15, -0.1) is 0 Å². The summed E-state index contributed by atoms with van der Waals surface area (Å²) in [7, 11) is 0. The molecule has 0 saturated carbocycles. The van der Waals surface area contributed by atoms with Crippen molar-refractivity contribution in [3.63, 3.8) is 0 Å². The van der Waals surface area contributed by atoms with E-state index in [1.807, 2.05) is 60.7 Å². The molecule has 2 aliphatic rings. The summed E-state index contributed by atoms with van der Waals surface area (Å²) in [6.45, 7) is 3.18. The molecule has 40 heavy (non-hydrogen) atoms. The molecule has 5 heteroatoms. The van der Waals surface area contributed by atoms with Gasteiger partial charge >= 0.3 is 0 Å². The third-order valence-electron chi connectivity index (χ3n) is 7.53. The van der Waals surface area contributed by atoms with Crippen molar-refractivity contribution in [1.29, 1.82) is 0 Å². The van der Waals surface area contributed by atoms with Crippen molar-refractivity contribution in [2.24, 2.45) is 0 Å². The summed E-state index contributed by atoms with van der Waals surface area (Å²) in [5, 5.41) is 2.07. The molecule has 1 aliphatic heterocycles. The van der Waals surface area contributed by atoms with Crippen LogP contribution in [0.2, 0.25) is 0 Å². The number of hydroxylamine groups is 2. The van der Waals surface area contributed by atoms with Gasteiger partial charge in [-0.3, -0.25) is 4.84 Å². The maximum atomic E-state index is 6.72. The number of hydrogen-bond acceptors (Lipinski definition) is 5. The highest BCUT2D eigenvalue weighted by Gasteiger charge is 2.50. The van der Waals surface area contributed by atoms with E-state index in [0.29, 0.717) is 39.6 Å². The predicted molar refractivity (Wildman–Crippen MR) is 155 cm³/mol. The molecule has 0 unspecified atom stereocenters. The fourth-order valence-electron chi connectivity index (χ4n) is 5.52. The molecule has 1 fully saturated rings. The lowest BCUT2D eigenvalue weighted by Gasteiger charge is -2.31. The Morgan fingerprint density at radius 2 is 1.07 bits per heavy atom. The van der Waals surface area contributed by atoms with E-state index in [1.54, 1.807) is 0 Å². The molecule has 1 heterocycles.